The summed E-state index contributed by atoms with van der Waals surface area (Å²) < 4.78 is 6.07. The van der Waals surface area contributed by atoms with E-state index in [9.17, 15) is 14.4 Å². The third-order valence-corrected chi connectivity index (χ3v) is 11.8. The summed E-state index contributed by atoms with van der Waals surface area (Å²) in [6.45, 7) is 8.39. The van der Waals surface area contributed by atoms with Crippen LogP contribution in [0.3, 0.4) is 0 Å². The van der Waals surface area contributed by atoms with Gasteiger partial charge in [0.05, 0.1) is 10.7 Å². The van der Waals surface area contributed by atoms with Crippen molar-refractivity contribution in [2.45, 2.75) is 70.6 Å². The molecule has 0 spiro atoms. The molecule has 0 radical (unpaired) electrons. The van der Waals surface area contributed by atoms with Crippen LogP contribution < -0.4 is 11.1 Å². The SMILES string of the molecule is Cc1cc(C[C@@H](OC(=O)N2CCC(N3Cc4ccccc4NC3=O)CC2)C(=O)N2CCC(C3CN4CCC3CC4)CC2)cc(Cl)c1N. The van der Waals surface area contributed by atoms with Crippen molar-refractivity contribution in [2.75, 3.05) is 56.9 Å². The summed E-state index contributed by atoms with van der Waals surface area (Å²) >= 11 is 6.42. The highest BCUT2D eigenvalue weighted by Gasteiger charge is 2.41. The van der Waals surface area contributed by atoms with E-state index < -0.39 is 12.2 Å². The molecule has 252 valence electrons. The molecule has 6 aliphatic rings. The second kappa shape index (κ2) is 13.5. The van der Waals surface area contributed by atoms with E-state index in [-0.39, 0.29) is 24.4 Å². The van der Waals surface area contributed by atoms with Crippen LogP contribution in [-0.4, -0.2) is 95.6 Å². The fraction of sp³-hybridized carbons (Fsp3) is 0.583. The number of ether oxygens (including phenoxy) is 1. The number of rotatable bonds is 6. The molecule has 0 aromatic heterocycles. The molecule has 6 aliphatic heterocycles. The van der Waals surface area contributed by atoms with Gasteiger partial charge in [-0.05, 0) is 105 Å². The van der Waals surface area contributed by atoms with Gasteiger partial charge in [-0.3, -0.25) is 4.79 Å². The standard InChI is InChI=1S/C36H47ClN6O4/c1-23-18-24(19-30(37)33(23)38)20-32(34(44)41-14-8-26(9-15-41)29-22-40-12-6-25(29)7-13-40)47-36(46)42-16-10-28(11-17-42)43-21-27-4-2-3-5-31(27)39-35(43)45/h2-5,18-19,25-26,28-29,32H,6-17,20-22,38H2,1H3,(H,39,45)/t29?,32-/m1/s1. The summed E-state index contributed by atoms with van der Waals surface area (Å²) in [7, 11) is 0. The minimum absolute atomic E-state index is 0.0159. The Hall–Kier alpha value is -3.50. The second-order valence-electron chi connectivity index (χ2n) is 14.3. The molecular weight excluding hydrogens is 616 g/mol. The predicted molar refractivity (Wildman–Crippen MR) is 182 cm³/mol. The number of aryl methyl sites for hydroxylation is 1. The molecule has 5 saturated heterocycles. The second-order valence-corrected chi connectivity index (χ2v) is 14.7. The van der Waals surface area contributed by atoms with Crippen molar-refractivity contribution in [2.24, 2.45) is 17.8 Å². The number of amides is 4. The monoisotopic (exact) mass is 662 g/mol. The van der Waals surface area contributed by atoms with Gasteiger partial charge in [0.15, 0.2) is 6.10 Å². The summed E-state index contributed by atoms with van der Waals surface area (Å²) in [4.78, 5) is 48.6. The van der Waals surface area contributed by atoms with E-state index in [1.54, 1.807) is 11.0 Å². The van der Waals surface area contributed by atoms with Crippen LogP contribution >= 0.6 is 11.6 Å². The number of benzene rings is 2. The van der Waals surface area contributed by atoms with E-state index in [0.717, 1.165) is 47.1 Å². The van der Waals surface area contributed by atoms with Crippen molar-refractivity contribution in [1.29, 1.82) is 0 Å². The average molecular weight is 663 g/mol. The Bertz CT molecular complexity index is 1470. The first-order valence-corrected chi connectivity index (χ1v) is 17.8. The number of fused-ring (bicyclic) bond motifs is 4. The molecule has 4 amide bonds. The van der Waals surface area contributed by atoms with Gasteiger partial charge in [-0.15, -0.1) is 0 Å². The van der Waals surface area contributed by atoms with Crippen molar-refractivity contribution >= 4 is 41.0 Å². The number of para-hydroxylation sites is 1. The normalized spacial score (nSPS) is 25.7. The van der Waals surface area contributed by atoms with Gasteiger partial charge in [-0.2, -0.15) is 0 Å². The molecule has 0 saturated carbocycles. The van der Waals surface area contributed by atoms with E-state index in [0.29, 0.717) is 62.2 Å². The lowest BCUT2D eigenvalue weighted by Crippen LogP contribution is -2.53. The Morgan fingerprint density at radius 2 is 1.62 bits per heavy atom. The fourth-order valence-corrected chi connectivity index (χ4v) is 9.00. The van der Waals surface area contributed by atoms with Gasteiger partial charge in [-0.1, -0.05) is 35.9 Å². The van der Waals surface area contributed by atoms with Gasteiger partial charge in [-0.25, -0.2) is 9.59 Å². The topological polar surface area (TPSA) is 111 Å². The molecule has 3 N–H and O–H groups in total. The van der Waals surface area contributed by atoms with Crippen molar-refractivity contribution in [1.82, 2.24) is 19.6 Å². The first kappa shape index (κ1) is 32.1. The lowest BCUT2D eigenvalue weighted by molar-refractivity contribution is -0.143. The van der Waals surface area contributed by atoms with E-state index in [4.69, 9.17) is 22.1 Å². The molecule has 6 heterocycles. The van der Waals surface area contributed by atoms with Crippen LogP contribution in [-0.2, 0) is 22.5 Å². The summed E-state index contributed by atoms with van der Waals surface area (Å²) in [5, 5.41) is 3.43. The molecule has 0 aliphatic carbocycles. The zero-order valence-electron chi connectivity index (χ0n) is 27.3. The molecule has 2 aromatic rings. The first-order valence-electron chi connectivity index (χ1n) is 17.4. The number of anilines is 2. The number of nitrogens with zero attached hydrogens (tertiary/aromatic N) is 4. The Morgan fingerprint density at radius 3 is 2.30 bits per heavy atom. The van der Waals surface area contributed by atoms with Gasteiger partial charge in [0.25, 0.3) is 5.91 Å². The van der Waals surface area contributed by atoms with Crippen molar-refractivity contribution < 1.29 is 19.1 Å². The maximum absolute atomic E-state index is 14.1. The Balaban J connectivity index is 0.993. The van der Waals surface area contributed by atoms with Crippen LogP contribution in [0.25, 0.3) is 0 Å². The molecule has 1 unspecified atom stereocenters. The summed E-state index contributed by atoms with van der Waals surface area (Å²) in [5.41, 5.74) is 10.2. The van der Waals surface area contributed by atoms with Crippen molar-refractivity contribution in [3.05, 3.63) is 58.1 Å². The van der Waals surface area contributed by atoms with E-state index in [1.807, 2.05) is 47.1 Å². The highest BCUT2D eigenvalue weighted by molar-refractivity contribution is 6.33. The maximum Gasteiger partial charge on any atom is 0.410 e. The Kier molecular flexibility index (Phi) is 9.24. The minimum atomic E-state index is -0.961. The number of carbonyl (C=O) groups is 3. The van der Waals surface area contributed by atoms with Gasteiger partial charge in [0.1, 0.15) is 0 Å². The third-order valence-electron chi connectivity index (χ3n) is 11.5. The first-order chi connectivity index (χ1) is 22.7. The number of halogens is 1. The molecule has 2 atom stereocenters. The third kappa shape index (κ3) is 6.77. The lowest BCUT2D eigenvalue weighted by atomic mass is 9.70. The Morgan fingerprint density at radius 1 is 0.957 bits per heavy atom. The molecule has 8 rings (SSSR count). The number of likely N-dealkylation sites (tertiary alicyclic amines) is 2. The molecule has 11 heteroatoms. The van der Waals surface area contributed by atoms with Gasteiger partial charge >= 0.3 is 12.1 Å². The fourth-order valence-electron chi connectivity index (χ4n) is 8.71. The largest absolute Gasteiger partial charge is 0.436 e. The van der Waals surface area contributed by atoms with Crippen molar-refractivity contribution in [3.8, 4) is 0 Å². The number of nitrogen functional groups attached to an aromatic ring is 1. The molecule has 47 heavy (non-hydrogen) atoms. The number of urea groups is 1. The molecular formula is C36H47ClN6O4. The van der Waals surface area contributed by atoms with Gasteiger partial charge in [0.2, 0.25) is 0 Å². The van der Waals surface area contributed by atoms with Crippen molar-refractivity contribution in [3.63, 3.8) is 0 Å². The zero-order chi connectivity index (χ0) is 32.7. The minimum Gasteiger partial charge on any atom is -0.436 e. The average Bonchev–Trinajstić information content (AvgIpc) is 3.10. The highest BCUT2D eigenvalue weighted by atomic mass is 35.5. The number of hydrogen-bond donors (Lipinski definition) is 2. The lowest BCUT2D eigenvalue weighted by Gasteiger charge is -2.49. The van der Waals surface area contributed by atoms with Crippen LogP contribution in [0.4, 0.5) is 21.0 Å². The number of nitrogens with two attached hydrogens (primary N) is 1. The smallest absolute Gasteiger partial charge is 0.410 e. The predicted octanol–water partition coefficient (Wildman–Crippen LogP) is 5.37. The molecule has 5 fully saturated rings. The van der Waals surface area contributed by atoms with Crippen LogP contribution in [0.5, 0.6) is 0 Å². The number of piperidine rings is 5. The Labute approximate surface area is 282 Å². The van der Waals surface area contributed by atoms with E-state index in [2.05, 4.69) is 10.2 Å². The number of nitrogens with one attached hydrogen (secondary N) is 1. The number of carbonyl (C=O) groups excluding carboxylic acids is 3. The quantitative estimate of drug-likeness (QED) is 0.403. The van der Waals surface area contributed by atoms with Crippen LogP contribution in [0.1, 0.15) is 55.2 Å². The molecule has 10 nitrogen and oxygen atoms in total. The zero-order valence-corrected chi connectivity index (χ0v) is 28.1. The summed E-state index contributed by atoms with van der Waals surface area (Å²) in [5.74, 6) is 2.05. The van der Waals surface area contributed by atoms with Crippen LogP contribution in [0.2, 0.25) is 5.02 Å². The van der Waals surface area contributed by atoms with E-state index in [1.165, 1.54) is 32.5 Å². The molecule has 2 bridgehead atoms. The van der Waals surface area contributed by atoms with Crippen LogP contribution in [0, 0.1) is 24.7 Å². The summed E-state index contributed by atoms with van der Waals surface area (Å²) in [6.07, 6.45) is 4.67. The van der Waals surface area contributed by atoms with Gasteiger partial charge < -0.3 is 35.4 Å². The molecule has 2 aromatic carbocycles. The van der Waals surface area contributed by atoms with E-state index >= 15 is 0 Å². The number of hydrogen-bond acceptors (Lipinski definition) is 6. The van der Waals surface area contributed by atoms with Gasteiger partial charge in [0, 0.05) is 57.4 Å². The van der Waals surface area contributed by atoms with Crippen LogP contribution in [0.15, 0.2) is 36.4 Å². The maximum atomic E-state index is 14.1. The highest BCUT2D eigenvalue weighted by Crippen LogP contribution is 2.40. The summed E-state index contributed by atoms with van der Waals surface area (Å²) in [6, 6.07) is 11.4.